The summed E-state index contributed by atoms with van der Waals surface area (Å²) in [5.41, 5.74) is 4.29. The summed E-state index contributed by atoms with van der Waals surface area (Å²) >= 11 is 0. The molecular formula is C22H32N6O. The molecule has 1 atom stereocenters. The number of nitrogens with one attached hydrogen (secondary N) is 1. The third-order valence-corrected chi connectivity index (χ3v) is 6.10. The molecule has 29 heavy (non-hydrogen) atoms. The second-order valence-corrected chi connectivity index (χ2v) is 8.43. The van der Waals surface area contributed by atoms with Crippen molar-refractivity contribution in [1.29, 1.82) is 0 Å². The van der Waals surface area contributed by atoms with E-state index in [0.29, 0.717) is 18.5 Å². The zero-order valence-electron chi connectivity index (χ0n) is 17.7. The topological polar surface area (TPSA) is 75.9 Å². The molecule has 7 heteroatoms. The highest BCUT2D eigenvalue weighted by atomic mass is 16.1. The number of rotatable bonds is 6. The Kier molecular flexibility index (Phi) is 6.23. The van der Waals surface area contributed by atoms with Crippen LogP contribution in [0.15, 0.2) is 16.9 Å². The van der Waals surface area contributed by atoms with Crippen molar-refractivity contribution >= 4 is 5.95 Å². The predicted octanol–water partition coefficient (Wildman–Crippen LogP) is 2.50. The quantitative estimate of drug-likeness (QED) is 0.809. The lowest BCUT2D eigenvalue weighted by atomic mass is 9.97. The average molecular weight is 397 g/mol. The van der Waals surface area contributed by atoms with Gasteiger partial charge in [-0.05, 0) is 70.5 Å². The van der Waals surface area contributed by atoms with Crippen LogP contribution < -0.4 is 10.9 Å². The summed E-state index contributed by atoms with van der Waals surface area (Å²) < 4.78 is 1.68. The smallest absolute Gasteiger partial charge is 0.267 e. The Hall–Kier alpha value is -2.28. The van der Waals surface area contributed by atoms with E-state index < -0.39 is 0 Å². The summed E-state index contributed by atoms with van der Waals surface area (Å²) in [6.45, 7) is 7.40. The standard InChI is InChI=1S/C22H32N6O/c1-16-13-17(2)25-22(24-16)23-15-19-8-5-6-10-27(19)11-12-28-21(29)14-18-7-3-4-9-20(18)26-28/h13-14,19H,3-12,15H2,1-2H3,(H,23,24,25). The normalized spacial score (nSPS) is 19.7. The molecule has 1 unspecified atom stereocenters. The number of anilines is 1. The Labute approximate surface area is 172 Å². The molecule has 0 spiro atoms. The molecule has 0 bridgehead atoms. The maximum atomic E-state index is 12.5. The molecule has 0 radical (unpaired) electrons. The zero-order valence-corrected chi connectivity index (χ0v) is 17.7. The van der Waals surface area contributed by atoms with Crippen LogP contribution in [0.25, 0.3) is 0 Å². The Morgan fingerprint density at radius 1 is 1.03 bits per heavy atom. The largest absolute Gasteiger partial charge is 0.353 e. The minimum atomic E-state index is 0.0426. The highest BCUT2D eigenvalue weighted by molar-refractivity contribution is 5.28. The molecule has 2 aliphatic rings. The van der Waals surface area contributed by atoms with Crippen LogP contribution in [-0.4, -0.2) is 50.3 Å². The maximum Gasteiger partial charge on any atom is 0.267 e. The van der Waals surface area contributed by atoms with Gasteiger partial charge in [-0.15, -0.1) is 0 Å². The van der Waals surface area contributed by atoms with Crippen molar-refractivity contribution < 1.29 is 0 Å². The molecule has 1 aliphatic heterocycles. The zero-order chi connectivity index (χ0) is 20.2. The van der Waals surface area contributed by atoms with Crippen LogP contribution in [0.4, 0.5) is 5.95 Å². The molecule has 1 saturated heterocycles. The van der Waals surface area contributed by atoms with Crippen LogP contribution in [0.3, 0.4) is 0 Å². The SMILES string of the molecule is Cc1cc(C)nc(NCC2CCCCN2CCn2nc3c(cc2=O)CCCC3)n1. The van der Waals surface area contributed by atoms with Crippen LogP contribution in [0.1, 0.15) is 54.7 Å². The molecule has 3 heterocycles. The van der Waals surface area contributed by atoms with Gasteiger partial charge in [-0.3, -0.25) is 9.69 Å². The van der Waals surface area contributed by atoms with Crippen LogP contribution in [0.5, 0.6) is 0 Å². The fourth-order valence-corrected chi connectivity index (χ4v) is 4.58. The molecule has 2 aromatic rings. The van der Waals surface area contributed by atoms with Crippen molar-refractivity contribution in [3.63, 3.8) is 0 Å². The molecule has 1 N–H and O–H groups in total. The van der Waals surface area contributed by atoms with E-state index in [-0.39, 0.29) is 5.56 Å². The molecule has 2 aromatic heterocycles. The van der Waals surface area contributed by atoms with Crippen molar-refractivity contribution in [3.05, 3.63) is 45.1 Å². The fourth-order valence-electron chi connectivity index (χ4n) is 4.58. The Morgan fingerprint density at radius 2 is 1.83 bits per heavy atom. The van der Waals surface area contributed by atoms with Crippen molar-refractivity contribution in [2.45, 2.75) is 71.4 Å². The second kappa shape index (κ2) is 9.03. The third-order valence-electron chi connectivity index (χ3n) is 6.10. The molecule has 0 saturated carbocycles. The number of nitrogens with zero attached hydrogens (tertiary/aromatic N) is 5. The van der Waals surface area contributed by atoms with Crippen LogP contribution >= 0.6 is 0 Å². The van der Waals surface area contributed by atoms with Gasteiger partial charge in [0.1, 0.15) is 0 Å². The Balaban J connectivity index is 1.38. The molecule has 4 rings (SSSR count). The lowest BCUT2D eigenvalue weighted by molar-refractivity contribution is 0.147. The van der Waals surface area contributed by atoms with E-state index >= 15 is 0 Å². The molecule has 1 aliphatic carbocycles. The number of fused-ring (bicyclic) bond motifs is 1. The molecule has 156 valence electrons. The van der Waals surface area contributed by atoms with Crippen LogP contribution in [0.2, 0.25) is 0 Å². The van der Waals surface area contributed by atoms with Gasteiger partial charge in [0.15, 0.2) is 0 Å². The minimum Gasteiger partial charge on any atom is -0.353 e. The van der Waals surface area contributed by atoms with Crippen molar-refractivity contribution in [2.24, 2.45) is 0 Å². The van der Waals surface area contributed by atoms with Crippen LogP contribution in [0, 0.1) is 13.8 Å². The lowest BCUT2D eigenvalue weighted by Crippen LogP contribution is -2.46. The fraction of sp³-hybridized carbons (Fsp3) is 0.636. The highest BCUT2D eigenvalue weighted by Crippen LogP contribution is 2.19. The lowest BCUT2D eigenvalue weighted by Gasteiger charge is -2.35. The monoisotopic (exact) mass is 396 g/mol. The van der Waals surface area contributed by atoms with Gasteiger partial charge in [-0.1, -0.05) is 6.42 Å². The van der Waals surface area contributed by atoms with Gasteiger partial charge in [0, 0.05) is 36.6 Å². The van der Waals surface area contributed by atoms with E-state index in [9.17, 15) is 4.79 Å². The predicted molar refractivity (Wildman–Crippen MR) is 114 cm³/mol. The molecule has 7 nitrogen and oxygen atoms in total. The first-order valence-corrected chi connectivity index (χ1v) is 11.0. The maximum absolute atomic E-state index is 12.5. The number of aromatic nitrogens is 4. The third kappa shape index (κ3) is 5.01. The van der Waals surface area contributed by atoms with Crippen LogP contribution in [-0.2, 0) is 19.4 Å². The first-order valence-electron chi connectivity index (χ1n) is 11.0. The van der Waals surface area contributed by atoms with Gasteiger partial charge in [0.25, 0.3) is 5.56 Å². The van der Waals surface area contributed by atoms with Gasteiger partial charge in [0.05, 0.1) is 12.2 Å². The van der Waals surface area contributed by atoms with Crippen molar-refractivity contribution in [1.82, 2.24) is 24.6 Å². The van der Waals surface area contributed by atoms with Gasteiger partial charge in [-0.25, -0.2) is 14.6 Å². The highest BCUT2D eigenvalue weighted by Gasteiger charge is 2.23. The molecule has 0 amide bonds. The Morgan fingerprint density at radius 3 is 2.66 bits per heavy atom. The Bertz CT molecular complexity index is 888. The minimum absolute atomic E-state index is 0.0426. The first-order chi connectivity index (χ1) is 14.1. The van der Waals surface area contributed by atoms with Gasteiger partial charge < -0.3 is 5.32 Å². The van der Waals surface area contributed by atoms with E-state index in [1.165, 1.54) is 25.7 Å². The van der Waals surface area contributed by atoms with E-state index in [1.54, 1.807) is 4.68 Å². The van der Waals surface area contributed by atoms with Gasteiger partial charge in [-0.2, -0.15) is 5.10 Å². The molecule has 1 fully saturated rings. The summed E-state index contributed by atoms with van der Waals surface area (Å²) in [4.78, 5) is 24.0. The van der Waals surface area contributed by atoms with Gasteiger partial charge in [0.2, 0.25) is 5.95 Å². The summed E-state index contributed by atoms with van der Waals surface area (Å²) in [7, 11) is 0. The van der Waals surface area contributed by atoms with Gasteiger partial charge >= 0.3 is 0 Å². The number of hydrogen-bond acceptors (Lipinski definition) is 6. The van der Waals surface area contributed by atoms with E-state index in [4.69, 9.17) is 0 Å². The molecule has 0 aromatic carbocycles. The van der Waals surface area contributed by atoms with Crippen molar-refractivity contribution in [3.8, 4) is 0 Å². The summed E-state index contributed by atoms with van der Waals surface area (Å²) in [5.74, 6) is 0.709. The van der Waals surface area contributed by atoms with E-state index in [0.717, 1.165) is 61.5 Å². The molecular weight excluding hydrogens is 364 g/mol. The van der Waals surface area contributed by atoms with E-state index in [1.807, 2.05) is 26.0 Å². The first kappa shape index (κ1) is 20.0. The summed E-state index contributed by atoms with van der Waals surface area (Å²) in [6, 6.07) is 4.23. The number of likely N-dealkylation sites (tertiary alicyclic amines) is 1. The number of piperidine rings is 1. The average Bonchev–Trinajstić information content (AvgIpc) is 2.70. The number of aryl methyl sites for hydroxylation is 4. The summed E-state index contributed by atoms with van der Waals surface area (Å²) in [6.07, 6.45) is 7.96. The second-order valence-electron chi connectivity index (χ2n) is 8.43. The number of hydrogen-bond donors (Lipinski definition) is 1. The van der Waals surface area contributed by atoms with E-state index in [2.05, 4.69) is 25.3 Å². The van der Waals surface area contributed by atoms with Crippen molar-refractivity contribution in [2.75, 3.05) is 25.0 Å². The summed E-state index contributed by atoms with van der Waals surface area (Å²) in [5, 5.41) is 8.11.